The van der Waals surface area contributed by atoms with Gasteiger partial charge < -0.3 is 4.90 Å². The smallest absolute Gasteiger partial charge is 0.147 e. The second-order valence-electron chi connectivity index (χ2n) is 5.29. The molecule has 0 fully saturated rings. The van der Waals surface area contributed by atoms with Crippen LogP contribution in [-0.4, -0.2) is 16.9 Å². The molecule has 0 spiro atoms. The highest BCUT2D eigenvalue weighted by molar-refractivity contribution is 9.09. The topological polar surface area (TPSA) is 16.1 Å². The Balaban J connectivity index is 1.81. The number of benzene rings is 1. The van der Waals surface area contributed by atoms with Gasteiger partial charge in [0.05, 0.1) is 10.6 Å². The summed E-state index contributed by atoms with van der Waals surface area (Å²) < 4.78 is 0. The van der Waals surface area contributed by atoms with Crippen LogP contribution in [0.15, 0.2) is 46.3 Å². The van der Waals surface area contributed by atoms with Crippen LogP contribution in [0.1, 0.15) is 25.7 Å². The lowest BCUT2D eigenvalue weighted by atomic mass is 10.2. The zero-order chi connectivity index (χ0) is 15.4. The van der Waals surface area contributed by atoms with Crippen molar-refractivity contribution in [1.82, 2.24) is 4.98 Å². The van der Waals surface area contributed by atoms with Crippen molar-refractivity contribution in [1.29, 1.82) is 0 Å². The van der Waals surface area contributed by atoms with Crippen LogP contribution in [0, 0.1) is 0 Å². The summed E-state index contributed by atoms with van der Waals surface area (Å²) in [5.74, 6) is 1.07. The Morgan fingerprint density at radius 3 is 2.82 bits per heavy atom. The fraction of sp³-hybridized carbons (Fsp3) is 0.353. The number of aromatic nitrogens is 1. The fourth-order valence-corrected chi connectivity index (χ4v) is 4.37. The van der Waals surface area contributed by atoms with Crippen LogP contribution in [0.5, 0.6) is 0 Å². The Hall–Kier alpha value is -0.710. The summed E-state index contributed by atoms with van der Waals surface area (Å²) in [7, 11) is 0. The van der Waals surface area contributed by atoms with Crippen molar-refractivity contribution in [3.8, 4) is 0 Å². The molecule has 0 atom stereocenters. The first-order valence-corrected chi connectivity index (χ1v) is 9.87. The second kappa shape index (κ2) is 7.71. The number of anilines is 2. The molecule has 5 heteroatoms. The molecule has 0 radical (unpaired) electrons. The number of halogens is 2. The van der Waals surface area contributed by atoms with Gasteiger partial charge >= 0.3 is 0 Å². The summed E-state index contributed by atoms with van der Waals surface area (Å²) in [6.45, 7) is 1.00. The van der Waals surface area contributed by atoms with E-state index in [2.05, 4.69) is 44.0 Å². The van der Waals surface area contributed by atoms with Gasteiger partial charge in [-0.2, -0.15) is 0 Å². The van der Waals surface area contributed by atoms with E-state index < -0.39 is 0 Å². The Labute approximate surface area is 149 Å². The Bertz CT molecular complexity index is 650. The van der Waals surface area contributed by atoms with Crippen LogP contribution in [0.2, 0.25) is 5.02 Å². The van der Waals surface area contributed by atoms with Gasteiger partial charge in [0.15, 0.2) is 0 Å². The van der Waals surface area contributed by atoms with E-state index in [-0.39, 0.29) is 0 Å². The molecule has 2 nitrogen and oxygen atoms in total. The molecule has 116 valence electrons. The molecule has 2 heterocycles. The van der Waals surface area contributed by atoms with Crippen molar-refractivity contribution in [3.63, 3.8) is 0 Å². The summed E-state index contributed by atoms with van der Waals surface area (Å²) in [6.07, 6.45) is 6.82. The van der Waals surface area contributed by atoms with E-state index in [1.54, 1.807) is 11.8 Å². The number of unbranched alkanes of at least 4 members (excludes halogenated alkanes) is 3. The molecule has 0 saturated heterocycles. The molecule has 2 aromatic rings. The van der Waals surface area contributed by atoms with Crippen LogP contribution >= 0.6 is 39.3 Å². The SMILES string of the molecule is Clc1ccc2c(c1)Sc1cccnc1N2CCCCCCBr. The Morgan fingerprint density at radius 2 is 1.95 bits per heavy atom. The van der Waals surface area contributed by atoms with Gasteiger partial charge in [-0.3, -0.25) is 0 Å². The third-order valence-electron chi connectivity index (χ3n) is 3.70. The number of alkyl halides is 1. The van der Waals surface area contributed by atoms with Gasteiger partial charge in [-0.15, -0.1) is 0 Å². The van der Waals surface area contributed by atoms with Crippen molar-refractivity contribution in [2.75, 3.05) is 16.8 Å². The fourth-order valence-electron chi connectivity index (χ4n) is 2.63. The van der Waals surface area contributed by atoms with Gasteiger partial charge in [0, 0.05) is 28.0 Å². The zero-order valence-corrected chi connectivity index (χ0v) is 15.4. The van der Waals surface area contributed by atoms with Crippen LogP contribution in [-0.2, 0) is 0 Å². The summed E-state index contributed by atoms with van der Waals surface area (Å²) in [5, 5.41) is 1.88. The molecule has 1 aromatic heterocycles. The summed E-state index contributed by atoms with van der Waals surface area (Å²) in [4.78, 5) is 9.36. The summed E-state index contributed by atoms with van der Waals surface area (Å²) in [6, 6.07) is 10.3. The molecule has 0 amide bonds. The minimum Gasteiger partial charge on any atom is -0.324 e. The summed E-state index contributed by atoms with van der Waals surface area (Å²) in [5.41, 5.74) is 1.22. The Morgan fingerprint density at radius 1 is 1.09 bits per heavy atom. The highest BCUT2D eigenvalue weighted by Crippen LogP contribution is 2.47. The predicted molar refractivity (Wildman–Crippen MR) is 99.1 cm³/mol. The molecule has 0 aliphatic carbocycles. The molecular formula is C17H18BrClN2S. The molecule has 1 aromatic carbocycles. The van der Waals surface area contributed by atoms with Crippen molar-refractivity contribution < 1.29 is 0 Å². The maximum absolute atomic E-state index is 6.16. The molecule has 0 unspecified atom stereocenters. The monoisotopic (exact) mass is 396 g/mol. The lowest BCUT2D eigenvalue weighted by molar-refractivity contribution is 0.668. The summed E-state index contributed by atoms with van der Waals surface area (Å²) >= 11 is 11.4. The minimum absolute atomic E-state index is 0.788. The normalized spacial score (nSPS) is 12.9. The third kappa shape index (κ3) is 3.61. The van der Waals surface area contributed by atoms with Crippen LogP contribution < -0.4 is 4.90 Å². The van der Waals surface area contributed by atoms with Gasteiger partial charge in [-0.25, -0.2) is 4.98 Å². The zero-order valence-electron chi connectivity index (χ0n) is 12.3. The molecule has 22 heavy (non-hydrogen) atoms. The van der Waals surface area contributed by atoms with E-state index in [1.165, 1.54) is 41.2 Å². The van der Waals surface area contributed by atoms with Gasteiger partial charge in [-0.1, -0.05) is 52.1 Å². The van der Waals surface area contributed by atoms with Crippen LogP contribution in [0.3, 0.4) is 0 Å². The van der Waals surface area contributed by atoms with Crippen molar-refractivity contribution in [3.05, 3.63) is 41.6 Å². The van der Waals surface area contributed by atoms with E-state index in [1.807, 2.05) is 18.3 Å². The second-order valence-corrected chi connectivity index (χ2v) is 7.61. The van der Waals surface area contributed by atoms with E-state index >= 15 is 0 Å². The third-order valence-corrected chi connectivity index (χ3v) is 5.59. The average molecular weight is 398 g/mol. The van der Waals surface area contributed by atoms with Gasteiger partial charge in [-0.05, 0) is 43.2 Å². The number of nitrogens with zero attached hydrogens (tertiary/aromatic N) is 2. The minimum atomic E-state index is 0.788. The van der Waals surface area contributed by atoms with Gasteiger partial charge in [0.1, 0.15) is 5.82 Å². The predicted octanol–water partition coefficient (Wildman–Crippen LogP) is 6.29. The maximum atomic E-state index is 6.16. The van der Waals surface area contributed by atoms with Gasteiger partial charge in [0.25, 0.3) is 0 Å². The van der Waals surface area contributed by atoms with Crippen LogP contribution in [0.25, 0.3) is 0 Å². The Kier molecular flexibility index (Phi) is 5.66. The van der Waals surface area contributed by atoms with Crippen molar-refractivity contribution in [2.45, 2.75) is 35.5 Å². The first-order valence-electron chi connectivity index (χ1n) is 7.55. The molecule has 0 N–H and O–H groups in total. The van der Waals surface area contributed by atoms with Crippen molar-refractivity contribution >= 4 is 50.8 Å². The van der Waals surface area contributed by atoms with E-state index in [0.717, 1.165) is 22.7 Å². The quantitative estimate of drug-likeness (QED) is 0.421. The highest BCUT2D eigenvalue weighted by atomic mass is 79.9. The standard InChI is InChI=1S/C17H18BrClN2S/c18-9-3-1-2-4-11-21-14-8-7-13(19)12-16(14)22-15-6-5-10-20-17(15)21/h5-8,10,12H,1-4,9,11H2. The lowest BCUT2D eigenvalue weighted by Crippen LogP contribution is -2.23. The number of pyridine rings is 1. The van der Waals surface area contributed by atoms with Crippen molar-refractivity contribution in [2.24, 2.45) is 0 Å². The van der Waals surface area contributed by atoms with E-state index in [0.29, 0.717) is 0 Å². The lowest BCUT2D eigenvalue weighted by Gasteiger charge is -2.31. The largest absolute Gasteiger partial charge is 0.324 e. The number of rotatable bonds is 6. The number of hydrogen-bond donors (Lipinski definition) is 0. The van der Waals surface area contributed by atoms with Crippen LogP contribution in [0.4, 0.5) is 11.5 Å². The number of fused-ring (bicyclic) bond motifs is 2. The first kappa shape index (κ1) is 16.2. The first-order chi connectivity index (χ1) is 10.8. The van der Waals surface area contributed by atoms with Gasteiger partial charge in [0.2, 0.25) is 0 Å². The molecule has 0 bridgehead atoms. The maximum Gasteiger partial charge on any atom is 0.147 e. The average Bonchev–Trinajstić information content (AvgIpc) is 2.53. The van der Waals surface area contributed by atoms with E-state index in [4.69, 9.17) is 11.6 Å². The molecule has 3 rings (SSSR count). The molecule has 1 aliphatic heterocycles. The number of hydrogen-bond acceptors (Lipinski definition) is 3. The molecular weight excluding hydrogens is 380 g/mol. The molecule has 1 aliphatic rings. The van der Waals surface area contributed by atoms with E-state index in [9.17, 15) is 0 Å². The molecule has 0 saturated carbocycles. The highest BCUT2D eigenvalue weighted by Gasteiger charge is 2.24.